The van der Waals surface area contributed by atoms with Crippen LogP contribution in [0.1, 0.15) is 40.0 Å². The van der Waals surface area contributed by atoms with Crippen LogP contribution in [0.3, 0.4) is 0 Å². The van der Waals surface area contributed by atoms with Crippen molar-refractivity contribution in [3.05, 3.63) is 23.8 Å². The predicted octanol–water partition coefficient (Wildman–Crippen LogP) is 3.51. The van der Waals surface area contributed by atoms with E-state index < -0.39 is 0 Å². The topological polar surface area (TPSA) is 17.1 Å². The lowest BCUT2D eigenvalue weighted by molar-refractivity contribution is -0.119. The van der Waals surface area contributed by atoms with Crippen LogP contribution < -0.4 is 0 Å². The third kappa shape index (κ3) is 1.33. The number of ketones is 1. The molecule has 0 aromatic heterocycles. The van der Waals surface area contributed by atoms with Crippen LogP contribution in [0.2, 0.25) is 0 Å². The maximum Gasteiger partial charge on any atom is 0.140 e. The number of hydrogen-bond acceptors (Lipinski definition) is 1. The molecule has 0 bridgehead atoms. The van der Waals surface area contributed by atoms with Crippen molar-refractivity contribution in [3.63, 3.8) is 0 Å². The monoisotopic (exact) mass is 216 g/mol. The number of allylic oxidation sites excluding steroid dienone is 4. The first-order chi connectivity index (χ1) is 7.42. The van der Waals surface area contributed by atoms with Crippen LogP contribution in [0.15, 0.2) is 23.8 Å². The second-order valence-electron chi connectivity index (χ2n) is 6.79. The first-order valence-electron chi connectivity index (χ1n) is 6.36. The summed E-state index contributed by atoms with van der Waals surface area (Å²) in [5.74, 6) is 1.20. The maximum atomic E-state index is 12.1. The Bertz CT molecular complexity index is 402. The molecule has 0 N–H and O–H groups in total. The van der Waals surface area contributed by atoms with Crippen molar-refractivity contribution in [1.29, 1.82) is 0 Å². The van der Waals surface area contributed by atoms with Gasteiger partial charge in [0.25, 0.3) is 0 Å². The Morgan fingerprint density at radius 3 is 2.56 bits per heavy atom. The smallest absolute Gasteiger partial charge is 0.140 e. The third-order valence-corrected chi connectivity index (χ3v) is 4.59. The molecular weight excluding hydrogens is 196 g/mol. The van der Waals surface area contributed by atoms with Crippen molar-refractivity contribution < 1.29 is 4.79 Å². The van der Waals surface area contributed by atoms with Gasteiger partial charge in [-0.05, 0) is 35.2 Å². The van der Waals surface area contributed by atoms with Gasteiger partial charge in [-0.3, -0.25) is 4.79 Å². The average Bonchev–Trinajstić information content (AvgIpc) is 2.90. The van der Waals surface area contributed by atoms with Crippen LogP contribution in [0, 0.1) is 22.7 Å². The van der Waals surface area contributed by atoms with E-state index in [4.69, 9.17) is 0 Å². The molecule has 0 aromatic rings. The summed E-state index contributed by atoms with van der Waals surface area (Å²) in [6.45, 7) is 6.65. The Balaban J connectivity index is 1.95. The van der Waals surface area contributed by atoms with Crippen molar-refractivity contribution in [2.45, 2.75) is 40.0 Å². The van der Waals surface area contributed by atoms with E-state index in [0.717, 1.165) is 6.42 Å². The fourth-order valence-electron chi connectivity index (χ4n) is 3.31. The number of Topliss-reactive ketones (excluding diaryl/α,β-unsaturated/α-hetero) is 1. The molecule has 0 aliphatic heterocycles. The maximum absolute atomic E-state index is 12.1. The van der Waals surface area contributed by atoms with E-state index in [9.17, 15) is 4.79 Å². The highest BCUT2D eigenvalue weighted by Gasteiger charge is 2.58. The predicted molar refractivity (Wildman–Crippen MR) is 64.9 cm³/mol. The molecule has 0 amide bonds. The highest BCUT2D eigenvalue weighted by molar-refractivity contribution is 5.88. The summed E-state index contributed by atoms with van der Waals surface area (Å²) in [5.41, 5.74) is 1.89. The lowest BCUT2D eigenvalue weighted by Gasteiger charge is -2.28. The van der Waals surface area contributed by atoms with Gasteiger partial charge in [-0.1, -0.05) is 39.0 Å². The van der Waals surface area contributed by atoms with Gasteiger partial charge in [0.1, 0.15) is 5.78 Å². The average molecular weight is 216 g/mol. The molecule has 86 valence electrons. The Kier molecular flexibility index (Phi) is 1.86. The second-order valence-corrected chi connectivity index (χ2v) is 6.79. The molecule has 3 aliphatic carbocycles. The molecule has 0 aromatic carbocycles. The standard InChI is InChI=1S/C15H20O/c1-14(2,3)10-4-5-12-11(8-10)13(16)9-15(12)6-7-15/h4-5,8,11-12H,6-7,9H2,1-3H3. The van der Waals surface area contributed by atoms with Crippen LogP contribution in [0.4, 0.5) is 0 Å². The van der Waals surface area contributed by atoms with Crippen molar-refractivity contribution in [2.75, 3.05) is 0 Å². The quantitative estimate of drug-likeness (QED) is 0.605. The summed E-state index contributed by atoms with van der Waals surface area (Å²) < 4.78 is 0. The molecule has 2 fully saturated rings. The first kappa shape index (κ1) is 10.3. The molecule has 2 saturated carbocycles. The van der Waals surface area contributed by atoms with Crippen LogP contribution >= 0.6 is 0 Å². The van der Waals surface area contributed by atoms with Crippen LogP contribution in [-0.4, -0.2) is 5.78 Å². The van der Waals surface area contributed by atoms with E-state index in [1.165, 1.54) is 18.4 Å². The minimum Gasteiger partial charge on any atom is -0.299 e. The summed E-state index contributed by atoms with van der Waals surface area (Å²) in [6.07, 6.45) is 10.2. The minimum absolute atomic E-state index is 0.168. The van der Waals surface area contributed by atoms with E-state index in [0.29, 0.717) is 17.1 Å². The lowest BCUT2D eigenvalue weighted by Crippen LogP contribution is -2.21. The summed E-state index contributed by atoms with van der Waals surface area (Å²) in [6, 6.07) is 0. The summed E-state index contributed by atoms with van der Waals surface area (Å²) in [5, 5.41) is 0. The molecule has 3 rings (SSSR count). The van der Waals surface area contributed by atoms with E-state index in [1.54, 1.807) is 0 Å². The van der Waals surface area contributed by atoms with Gasteiger partial charge in [0, 0.05) is 12.3 Å². The molecule has 1 spiro atoms. The fourth-order valence-corrected chi connectivity index (χ4v) is 3.31. The van der Waals surface area contributed by atoms with Gasteiger partial charge in [-0.2, -0.15) is 0 Å². The Labute approximate surface area is 97.6 Å². The number of hydrogen-bond donors (Lipinski definition) is 0. The number of fused-ring (bicyclic) bond motifs is 2. The second kappa shape index (κ2) is 2.88. The summed E-state index contributed by atoms with van der Waals surface area (Å²) in [4.78, 5) is 12.1. The molecule has 0 heterocycles. The van der Waals surface area contributed by atoms with Crippen molar-refractivity contribution >= 4 is 5.78 Å². The van der Waals surface area contributed by atoms with Gasteiger partial charge in [-0.15, -0.1) is 0 Å². The number of carbonyl (C=O) groups excluding carboxylic acids is 1. The van der Waals surface area contributed by atoms with Gasteiger partial charge in [0.15, 0.2) is 0 Å². The third-order valence-electron chi connectivity index (χ3n) is 4.59. The zero-order valence-electron chi connectivity index (χ0n) is 10.4. The molecule has 1 heteroatoms. The van der Waals surface area contributed by atoms with Crippen molar-refractivity contribution in [1.82, 2.24) is 0 Å². The molecule has 1 nitrogen and oxygen atoms in total. The number of carbonyl (C=O) groups is 1. The van der Waals surface area contributed by atoms with E-state index >= 15 is 0 Å². The summed E-state index contributed by atoms with van der Waals surface area (Å²) >= 11 is 0. The SMILES string of the molecule is CC(C)(C)C1=CC2C(=O)CC3(CC3)C2C=C1. The van der Waals surface area contributed by atoms with E-state index in [1.807, 2.05) is 0 Å². The van der Waals surface area contributed by atoms with Gasteiger partial charge in [-0.25, -0.2) is 0 Å². The van der Waals surface area contributed by atoms with E-state index in [2.05, 4.69) is 39.0 Å². The van der Waals surface area contributed by atoms with Crippen molar-refractivity contribution in [3.8, 4) is 0 Å². The molecule has 2 atom stereocenters. The van der Waals surface area contributed by atoms with E-state index in [-0.39, 0.29) is 11.3 Å². The molecule has 3 aliphatic rings. The molecule has 0 saturated heterocycles. The zero-order valence-corrected chi connectivity index (χ0v) is 10.4. The Morgan fingerprint density at radius 2 is 2.00 bits per heavy atom. The molecule has 0 radical (unpaired) electrons. The molecule has 16 heavy (non-hydrogen) atoms. The normalized spacial score (nSPS) is 35.2. The van der Waals surface area contributed by atoms with Gasteiger partial charge in [0.05, 0.1) is 0 Å². The number of rotatable bonds is 0. The molecular formula is C15H20O. The lowest BCUT2D eigenvalue weighted by atomic mass is 9.76. The Morgan fingerprint density at radius 1 is 1.31 bits per heavy atom. The largest absolute Gasteiger partial charge is 0.299 e. The minimum atomic E-state index is 0.168. The highest BCUT2D eigenvalue weighted by atomic mass is 16.1. The van der Waals surface area contributed by atoms with Crippen LogP contribution in [0.25, 0.3) is 0 Å². The van der Waals surface area contributed by atoms with Crippen molar-refractivity contribution in [2.24, 2.45) is 22.7 Å². The zero-order chi connectivity index (χ0) is 11.6. The van der Waals surface area contributed by atoms with Crippen LogP contribution in [-0.2, 0) is 4.79 Å². The van der Waals surface area contributed by atoms with Crippen LogP contribution in [0.5, 0.6) is 0 Å². The molecule has 2 unspecified atom stereocenters. The Hall–Kier alpha value is -0.850. The summed E-state index contributed by atoms with van der Waals surface area (Å²) in [7, 11) is 0. The van der Waals surface area contributed by atoms with Gasteiger partial charge in [0.2, 0.25) is 0 Å². The van der Waals surface area contributed by atoms with Gasteiger partial charge >= 0.3 is 0 Å². The highest BCUT2D eigenvalue weighted by Crippen LogP contribution is 2.63. The fraction of sp³-hybridized carbons (Fsp3) is 0.667. The first-order valence-corrected chi connectivity index (χ1v) is 6.36. The van der Waals surface area contributed by atoms with Gasteiger partial charge < -0.3 is 0 Å².